The highest BCUT2D eigenvalue weighted by molar-refractivity contribution is 5.94. The number of fused-ring (bicyclic) bond motifs is 1. The zero-order valence-corrected chi connectivity index (χ0v) is 17.1. The number of hydrogen-bond donors (Lipinski definition) is 2. The molecule has 3 aromatic heterocycles. The molecule has 9 nitrogen and oxygen atoms in total. The summed E-state index contributed by atoms with van der Waals surface area (Å²) in [4.78, 5) is 22.9. The average Bonchev–Trinajstić information content (AvgIpc) is 3.53. The Bertz CT molecular complexity index is 1250. The first-order valence-electron chi connectivity index (χ1n) is 10.3. The van der Waals surface area contributed by atoms with E-state index >= 15 is 0 Å². The van der Waals surface area contributed by atoms with Crippen LogP contribution in [0.15, 0.2) is 55.1 Å². The molecule has 1 aliphatic heterocycles. The second-order valence-corrected chi connectivity index (χ2v) is 7.67. The maximum Gasteiger partial charge on any atom is 0.245 e. The number of aliphatic hydroxyl groups excluding tert-OH is 1. The quantitative estimate of drug-likeness (QED) is 0.465. The van der Waals surface area contributed by atoms with E-state index in [-0.39, 0.29) is 18.4 Å². The van der Waals surface area contributed by atoms with Gasteiger partial charge in [0.1, 0.15) is 17.7 Å². The number of ketones is 1. The van der Waals surface area contributed by atoms with Gasteiger partial charge in [-0.25, -0.2) is 9.50 Å². The van der Waals surface area contributed by atoms with Crippen LogP contribution in [0.2, 0.25) is 0 Å². The number of carbonyl (C=O) groups excluding carboxylic acids is 1. The lowest BCUT2D eigenvalue weighted by molar-refractivity contribution is 0.101. The molecule has 5 rings (SSSR count). The Balaban J connectivity index is 1.47. The lowest BCUT2D eigenvalue weighted by atomic mass is 10.1. The summed E-state index contributed by atoms with van der Waals surface area (Å²) < 4.78 is 3.64. The van der Waals surface area contributed by atoms with Crippen LogP contribution in [0.25, 0.3) is 11.2 Å². The number of carbonyl (C=O) groups is 1. The number of rotatable bonds is 6. The van der Waals surface area contributed by atoms with Gasteiger partial charge in [0.2, 0.25) is 5.95 Å². The van der Waals surface area contributed by atoms with Gasteiger partial charge in [-0.05, 0) is 44.0 Å². The van der Waals surface area contributed by atoms with Gasteiger partial charge in [-0.15, -0.1) is 5.10 Å². The summed E-state index contributed by atoms with van der Waals surface area (Å²) in [5.74, 6) is 1.87. The van der Waals surface area contributed by atoms with E-state index in [0.717, 1.165) is 30.6 Å². The van der Waals surface area contributed by atoms with Crippen LogP contribution in [0.4, 0.5) is 17.6 Å². The molecule has 1 fully saturated rings. The summed E-state index contributed by atoms with van der Waals surface area (Å²) in [5, 5.41) is 17.6. The summed E-state index contributed by atoms with van der Waals surface area (Å²) in [7, 11) is 0. The van der Waals surface area contributed by atoms with Crippen molar-refractivity contribution in [2.24, 2.45) is 0 Å². The minimum absolute atomic E-state index is 0.0209. The molecule has 0 aliphatic carbocycles. The number of benzene rings is 1. The highest BCUT2D eigenvalue weighted by Crippen LogP contribution is 2.26. The third-order valence-electron chi connectivity index (χ3n) is 5.60. The molecule has 1 atom stereocenters. The molecule has 31 heavy (non-hydrogen) atoms. The highest BCUT2D eigenvalue weighted by atomic mass is 16.3. The molecule has 0 radical (unpaired) electrons. The van der Waals surface area contributed by atoms with Crippen LogP contribution < -0.4 is 10.2 Å². The van der Waals surface area contributed by atoms with E-state index in [2.05, 4.69) is 20.3 Å². The molecule has 0 spiro atoms. The zero-order valence-electron chi connectivity index (χ0n) is 17.1. The molecule has 1 unspecified atom stereocenters. The van der Waals surface area contributed by atoms with Crippen molar-refractivity contribution in [2.45, 2.75) is 25.8 Å². The van der Waals surface area contributed by atoms with Gasteiger partial charge in [0, 0.05) is 24.0 Å². The number of nitrogens with zero attached hydrogens (tertiary/aromatic N) is 6. The van der Waals surface area contributed by atoms with Crippen molar-refractivity contribution in [3.8, 4) is 5.69 Å². The molecule has 158 valence electrons. The van der Waals surface area contributed by atoms with Gasteiger partial charge in [0.25, 0.3) is 0 Å². The van der Waals surface area contributed by atoms with Crippen LogP contribution in [0.5, 0.6) is 0 Å². The van der Waals surface area contributed by atoms with Gasteiger partial charge in [0.15, 0.2) is 11.6 Å². The molecule has 1 saturated heterocycles. The van der Waals surface area contributed by atoms with E-state index in [0.29, 0.717) is 23.1 Å². The molecule has 0 bridgehead atoms. The van der Waals surface area contributed by atoms with Crippen LogP contribution >= 0.6 is 0 Å². The fraction of sp³-hybridized carbons (Fsp3) is 0.273. The Labute approximate surface area is 179 Å². The molecule has 1 aromatic carbocycles. The smallest absolute Gasteiger partial charge is 0.245 e. The summed E-state index contributed by atoms with van der Waals surface area (Å²) in [5.41, 5.74) is 2.34. The number of aromatic nitrogens is 5. The lowest BCUT2D eigenvalue weighted by Crippen LogP contribution is -2.34. The van der Waals surface area contributed by atoms with E-state index in [4.69, 9.17) is 4.98 Å². The highest BCUT2D eigenvalue weighted by Gasteiger charge is 2.27. The third-order valence-corrected chi connectivity index (χ3v) is 5.60. The van der Waals surface area contributed by atoms with Crippen molar-refractivity contribution in [2.75, 3.05) is 23.4 Å². The predicted molar refractivity (Wildman–Crippen MR) is 117 cm³/mol. The first-order chi connectivity index (χ1) is 15.1. The normalized spacial score (nSPS) is 16.2. The maximum atomic E-state index is 11.7. The van der Waals surface area contributed by atoms with E-state index in [1.807, 2.05) is 47.3 Å². The number of aliphatic hydroxyl groups is 1. The van der Waals surface area contributed by atoms with E-state index in [9.17, 15) is 9.90 Å². The Kier molecular flexibility index (Phi) is 4.87. The Morgan fingerprint density at radius 3 is 3.03 bits per heavy atom. The number of nitrogens with one attached hydrogen (secondary N) is 1. The van der Waals surface area contributed by atoms with Gasteiger partial charge in [-0.1, -0.05) is 12.1 Å². The maximum absolute atomic E-state index is 11.7. The lowest BCUT2D eigenvalue weighted by Gasteiger charge is -2.23. The Hall–Kier alpha value is -3.72. The Morgan fingerprint density at radius 2 is 2.19 bits per heavy atom. The third kappa shape index (κ3) is 3.64. The molecule has 0 saturated carbocycles. The molecule has 9 heteroatoms. The van der Waals surface area contributed by atoms with E-state index in [1.165, 1.54) is 0 Å². The SMILES string of the molecule is CC(=O)c1cccc(-n2cnc(Nc3nc(N4CCCC4CO)nn4cccc34)c2)c1. The Morgan fingerprint density at radius 1 is 1.29 bits per heavy atom. The topological polar surface area (TPSA) is 101 Å². The van der Waals surface area contributed by atoms with Gasteiger partial charge < -0.3 is 19.9 Å². The molecule has 4 aromatic rings. The second-order valence-electron chi connectivity index (χ2n) is 7.67. The first-order valence-corrected chi connectivity index (χ1v) is 10.3. The first kappa shape index (κ1) is 19.3. The average molecular weight is 417 g/mol. The van der Waals surface area contributed by atoms with Gasteiger partial charge in [-0.2, -0.15) is 4.98 Å². The van der Waals surface area contributed by atoms with E-state index in [1.54, 1.807) is 23.8 Å². The van der Waals surface area contributed by atoms with Crippen molar-refractivity contribution in [3.63, 3.8) is 0 Å². The van der Waals surface area contributed by atoms with Crippen LogP contribution in [0, 0.1) is 0 Å². The fourth-order valence-corrected chi connectivity index (χ4v) is 3.96. The van der Waals surface area contributed by atoms with E-state index < -0.39 is 0 Å². The minimum atomic E-state index is 0.0209. The molecule has 2 N–H and O–H groups in total. The number of Topliss-reactive ketones (excluding diaryl/α,β-unsaturated/α-hetero) is 1. The van der Waals surface area contributed by atoms with Crippen LogP contribution in [-0.4, -0.2) is 54.2 Å². The largest absolute Gasteiger partial charge is 0.394 e. The monoisotopic (exact) mass is 417 g/mol. The molecule has 4 heterocycles. The standard InChI is InChI=1S/C22H23N7O2/c1-15(31)16-5-2-6-17(11-16)27-12-20(23-14-27)24-21-19-8-4-10-29(19)26-22(25-21)28-9-3-7-18(28)13-30/h2,4-6,8,10-12,14,18,30H,3,7,9,13H2,1H3,(H,24,25,26). The van der Waals surface area contributed by atoms with Crippen LogP contribution in [-0.2, 0) is 0 Å². The zero-order chi connectivity index (χ0) is 21.4. The predicted octanol–water partition coefficient (Wildman–Crippen LogP) is 2.82. The molecule has 1 aliphatic rings. The summed E-state index contributed by atoms with van der Waals surface area (Å²) in [6.45, 7) is 2.45. The van der Waals surface area contributed by atoms with Crippen molar-refractivity contribution in [1.82, 2.24) is 24.1 Å². The van der Waals surface area contributed by atoms with Crippen molar-refractivity contribution in [3.05, 3.63) is 60.7 Å². The molecule has 0 amide bonds. The summed E-state index contributed by atoms with van der Waals surface area (Å²) >= 11 is 0. The summed E-state index contributed by atoms with van der Waals surface area (Å²) in [6, 6.07) is 11.3. The molecular formula is C22H23N7O2. The van der Waals surface area contributed by atoms with Gasteiger partial charge in [0.05, 0.1) is 18.8 Å². The molecular weight excluding hydrogens is 394 g/mol. The van der Waals surface area contributed by atoms with Gasteiger partial charge >= 0.3 is 0 Å². The summed E-state index contributed by atoms with van der Waals surface area (Å²) in [6.07, 6.45) is 7.36. The van der Waals surface area contributed by atoms with Crippen molar-refractivity contribution >= 4 is 28.9 Å². The number of anilines is 3. The number of hydrogen-bond acceptors (Lipinski definition) is 7. The number of imidazole rings is 1. The van der Waals surface area contributed by atoms with Crippen LogP contribution in [0.3, 0.4) is 0 Å². The second kappa shape index (κ2) is 7.84. The minimum Gasteiger partial charge on any atom is -0.394 e. The van der Waals surface area contributed by atoms with Crippen molar-refractivity contribution in [1.29, 1.82) is 0 Å². The van der Waals surface area contributed by atoms with Crippen LogP contribution in [0.1, 0.15) is 30.1 Å². The van der Waals surface area contributed by atoms with Crippen molar-refractivity contribution < 1.29 is 9.90 Å². The fourth-order valence-electron chi connectivity index (χ4n) is 3.96. The van der Waals surface area contributed by atoms with Gasteiger partial charge in [-0.3, -0.25) is 4.79 Å².